The summed E-state index contributed by atoms with van der Waals surface area (Å²) in [7, 11) is 0. The number of carbonyl (C=O) groups excluding carboxylic acids is 1. The lowest BCUT2D eigenvalue weighted by molar-refractivity contribution is -0.119. The predicted molar refractivity (Wildman–Crippen MR) is 90.3 cm³/mol. The van der Waals surface area contributed by atoms with Gasteiger partial charge in [-0.05, 0) is 44.0 Å². The van der Waals surface area contributed by atoms with Crippen molar-refractivity contribution in [2.45, 2.75) is 45.3 Å². The quantitative estimate of drug-likeness (QED) is 0.891. The fraction of sp³-hybridized carbons (Fsp3) is 0.444. The first-order valence-electron chi connectivity index (χ1n) is 8.24. The normalized spacial score (nSPS) is 17.9. The first-order chi connectivity index (χ1) is 11.1. The highest BCUT2D eigenvalue weighted by molar-refractivity contribution is 5.78. The summed E-state index contributed by atoms with van der Waals surface area (Å²) < 4.78 is 1.88. The van der Waals surface area contributed by atoms with Crippen LogP contribution < -0.4 is 5.32 Å². The highest BCUT2D eigenvalue weighted by Gasteiger charge is 2.24. The molecule has 1 N–H and O–H groups in total. The van der Waals surface area contributed by atoms with E-state index >= 15 is 0 Å². The first-order valence-corrected chi connectivity index (χ1v) is 8.24. The van der Waals surface area contributed by atoms with E-state index < -0.39 is 0 Å². The molecule has 3 rings (SSSR count). The summed E-state index contributed by atoms with van der Waals surface area (Å²) >= 11 is 0. The van der Waals surface area contributed by atoms with Crippen molar-refractivity contribution < 1.29 is 4.79 Å². The molecule has 2 heterocycles. The van der Waals surface area contributed by atoms with Crippen molar-refractivity contribution in [1.82, 2.24) is 20.0 Å². The van der Waals surface area contributed by atoms with Gasteiger partial charge < -0.3 is 5.32 Å². The number of carbonyl (C=O) groups is 1. The van der Waals surface area contributed by atoms with Gasteiger partial charge in [-0.25, -0.2) is 4.68 Å². The van der Waals surface area contributed by atoms with E-state index in [-0.39, 0.29) is 11.9 Å². The number of benzene rings is 1. The Balaban J connectivity index is 1.70. The highest BCUT2D eigenvalue weighted by atomic mass is 16.1. The minimum atomic E-state index is 0.180. The fourth-order valence-corrected chi connectivity index (χ4v) is 3.01. The molecular formula is C18H24N4O. The third-order valence-electron chi connectivity index (χ3n) is 4.34. The largest absolute Gasteiger partial charge is 0.352 e. The molecule has 1 atom stereocenters. The number of nitrogens with one attached hydrogen (secondary N) is 1. The molecule has 1 aromatic carbocycles. The van der Waals surface area contributed by atoms with Crippen molar-refractivity contribution >= 4 is 5.91 Å². The van der Waals surface area contributed by atoms with Gasteiger partial charge in [0.1, 0.15) is 0 Å². The Morgan fingerprint density at radius 2 is 2.26 bits per heavy atom. The zero-order valence-corrected chi connectivity index (χ0v) is 13.8. The Kier molecular flexibility index (Phi) is 4.76. The summed E-state index contributed by atoms with van der Waals surface area (Å²) in [6.45, 7) is 6.18. The Labute approximate surface area is 137 Å². The van der Waals surface area contributed by atoms with Crippen LogP contribution in [-0.4, -0.2) is 39.2 Å². The number of hydrogen-bond acceptors (Lipinski definition) is 3. The van der Waals surface area contributed by atoms with E-state index in [1.54, 1.807) is 6.20 Å². The summed E-state index contributed by atoms with van der Waals surface area (Å²) in [5.41, 5.74) is 2.33. The van der Waals surface area contributed by atoms with Crippen LogP contribution in [0.4, 0.5) is 0 Å². The molecule has 5 heteroatoms. The van der Waals surface area contributed by atoms with Gasteiger partial charge in [-0.3, -0.25) is 9.69 Å². The van der Waals surface area contributed by atoms with Crippen LogP contribution in [0.3, 0.4) is 0 Å². The van der Waals surface area contributed by atoms with Gasteiger partial charge >= 0.3 is 0 Å². The molecule has 5 nitrogen and oxygen atoms in total. The maximum Gasteiger partial charge on any atom is 0.220 e. The summed E-state index contributed by atoms with van der Waals surface area (Å²) in [6, 6.07) is 11.1. The fourth-order valence-electron chi connectivity index (χ4n) is 3.01. The van der Waals surface area contributed by atoms with Crippen LogP contribution in [0.25, 0.3) is 5.69 Å². The Hall–Kier alpha value is -2.14. The average molecular weight is 312 g/mol. The predicted octanol–water partition coefficient (Wildman–Crippen LogP) is 2.36. The van der Waals surface area contributed by atoms with Gasteiger partial charge in [-0.1, -0.05) is 12.1 Å². The first kappa shape index (κ1) is 15.7. The Morgan fingerprint density at radius 3 is 2.91 bits per heavy atom. The van der Waals surface area contributed by atoms with Crippen LogP contribution in [0.15, 0.2) is 42.7 Å². The van der Waals surface area contributed by atoms with E-state index in [1.807, 2.05) is 16.9 Å². The van der Waals surface area contributed by atoms with Gasteiger partial charge in [0.05, 0.1) is 5.69 Å². The number of aromatic nitrogens is 2. The van der Waals surface area contributed by atoms with Gasteiger partial charge in [0.2, 0.25) is 5.91 Å². The molecule has 0 radical (unpaired) electrons. The summed E-state index contributed by atoms with van der Waals surface area (Å²) in [5.74, 6) is 0.180. The van der Waals surface area contributed by atoms with Crippen molar-refractivity contribution in [3.8, 4) is 5.69 Å². The molecule has 23 heavy (non-hydrogen) atoms. The van der Waals surface area contributed by atoms with E-state index in [1.165, 1.54) is 5.56 Å². The van der Waals surface area contributed by atoms with Gasteiger partial charge in [0, 0.05) is 44.0 Å². The van der Waals surface area contributed by atoms with Crippen LogP contribution in [0.2, 0.25) is 0 Å². The number of hydrogen-bond donors (Lipinski definition) is 1. The Morgan fingerprint density at radius 1 is 1.39 bits per heavy atom. The minimum absolute atomic E-state index is 0.180. The standard InChI is InChI=1S/C18H24N4O/c1-14(2)21(13-16-7-8-18(23)20-16)12-15-5-3-6-17(11-15)22-10-4-9-19-22/h3-6,9-11,14,16H,7-8,12-13H2,1-2H3,(H,20,23)/t16-/m1/s1. The molecule has 1 aliphatic rings. The molecule has 0 unspecified atom stereocenters. The SMILES string of the molecule is CC(C)N(Cc1cccc(-n2cccn2)c1)C[C@H]1CCC(=O)N1. The zero-order valence-electron chi connectivity index (χ0n) is 13.8. The summed E-state index contributed by atoms with van der Waals surface area (Å²) in [6.07, 6.45) is 5.34. The maximum absolute atomic E-state index is 11.4. The van der Waals surface area contributed by atoms with E-state index in [0.29, 0.717) is 12.5 Å². The lowest BCUT2D eigenvalue weighted by Gasteiger charge is -2.29. The maximum atomic E-state index is 11.4. The summed E-state index contributed by atoms with van der Waals surface area (Å²) in [4.78, 5) is 13.8. The van der Waals surface area contributed by atoms with E-state index in [9.17, 15) is 4.79 Å². The lowest BCUT2D eigenvalue weighted by atomic mass is 10.1. The van der Waals surface area contributed by atoms with Gasteiger partial charge in [-0.2, -0.15) is 5.10 Å². The monoisotopic (exact) mass is 312 g/mol. The second-order valence-corrected chi connectivity index (χ2v) is 6.45. The Bertz CT molecular complexity index is 651. The molecule has 0 saturated carbocycles. The van der Waals surface area contributed by atoms with Gasteiger partial charge in [0.25, 0.3) is 0 Å². The molecule has 1 aliphatic heterocycles. The molecule has 1 saturated heterocycles. The molecule has 122 valence electrons. The van der Waals surface area contributed by atoms with Crippen molar-refractivity contribution in [2.24, 2.45) is 0 Å². The second kappa shape index (κ2) is 6.96. The van der Waals surface area contributed by atoms with Crippen molar-refractivity contribution in [3.05, 3.63) is 48.3 Å². The molecule has 1 aromatic heterocycles. The average Bonchev–Trinajstić information content (AvgIpc) is 3.18. The lowest BCUT2D eigenvalue weighted by Crippen LogP contribution is -2.41. The van der Waals surface area contributed by atoms with Crippen molar-refractivity contribution in [3.63, 3.8) is 0 Å². The van der Waals surface area contributed by atoms with Crippen LogP contribution in [-0.2, 0) is 11.3 Å². The smallest absolute Gasteiger partial charge is 0.220 e. The van der Waals surface area contributed by atoms with Crippen molar-refractivity contribution in [2.75, 3.05) is 6.54 Å². The van der Waals surface area contributed by atoms with Crippen LogP contribution in [0.5, 0.6) is 0 Å². The summed E-state index contributed by atoms with van der Waals surface area (Å²) in [5, 5.41) is 7.35. The number of nitrogens with zero attached hydrogens (tertiary/aromatic N) is 3. The van der Waals surface area contributed by atoms with Crippen LogP contribution in [0.1, 0.15) is 32.3 Å². The van der Waals surface area contributed by atoms with E-state index in [2.05, 4.69) is 53.4 Å². The highest BCUT2D eigenvalue weighted by Crippen LogP contribution is 2.16. The molecular weight excluding hydrogens is 288 g/mol. The minimum Gasteiger partial charge on any atom is -0.352 e. The number of amides is 1. The van der Waals surface area contributed by atoms with Crippen LogP contribution >= 0.6 is 0 Å². The topological polar surface area (TPSA) is 50.2 Å². The molecule has 1 fully saturated rings. The van der Waals surface area contributed by atoms with Crippen molar-refractivity contribution in [1.29, 1.82) is 0 Å². The van der Waals surface area contributed by atoms with Gasteiger partial charge in [0.15, 0.2) is 0 Å². The third kappa shape index (κ3) is 3.99. The molecule has 1 amide bonds. The molecule has 0 bridgehead atoms. The van der Waals surface area contributed by atoms with Gasteiger partial charge in [-0.15, -0.1) is 0 Å². The van der Waals surface area contributed by atoms with Crippen LogP contribution in [0, 0.1) is 0 Å². The molecule has 0 spiro atoms. The second-order valence-electron chi connectivity index (χ2n) is 6.45. The van der Waals surface area contributed by atoms with E-state index in [4.69, 9.17) is 0 Å². The third-order valence-corrected chi connectivity index (χ3v) is 4.34. The molecule has 0 aliphatic carbocycles. The zero-order chi connectivity index (χ0) is 16.2. The number of rotatable bonds is 6. The molecule has 2 aromatic rings. The van der Waals surface area contributed by atoms with E-state index in [0.717, 1.165) is 25.2 Å².